The van der Waals surface area contributed by atoms with Gasteiger partial charge in [0.05, 0.1) is 0 Å². The van der Waals surface area contributed by atoms with Crippen molar-refractivity contribution in [3.8, 4) is 0 Å². The number of benzene rings is 1. The van der Waals surface area contributed by atoms with Crippen LogP contribution in [0.25, 0.3) is 0 Å². The maximum absolute atomic E-state index is 6.01. The van der Waals surface area contributed by atoms with Crippen LogP contribution in [-0.2, 0) is 6.42 Å². The van der Waals surface area contributed by atoms with Gasteiger partial charge < -0.3 is 5.73 Å². The molecule has 1 aliphatic rings. The second-order valence-electron chi connectivity index (χ2n) is 5.32. The fourth-order valence-corrected chi connectivity index (χ4v) is 3.19. The Morgan fingerprint density at radius 2 is 2.06 bits per heavy atom. The predicted octanol–water partition coefficient (Wildman–Crippen LogP) is 4.04. The van der Waals surface area contributed by atoms with Gasteiger partial charge in [0.25, 0.3) is 0 Å². The van der Waals surface area contributed by atoms with Crippen molar-refractivity contribution in [2.45, 2.75) is 38.5 Å². The van der Waals surface area contributed by atoms with E-state index in [1.807, 2.05) is 12.1 Å². The SMILES string of the molecule is NCC(Cc1cccc(Cl)c1)CC1CCCC1. The van der Waals surface area contributed by atoms with E-state index < -0.39 is 0 Å². The molecule has 17 heavy (non-hydrogen) atoms. The molecule has 1 unspecified atom stereocenters. The Bertz CT molecular complexity index is 345. The summed E-state index contributed by atoms with van der Waals surface area (Å²) in [4.78, 5) is 0. The van der Waals surface area contributed by atoms with Crippen molar-refractivity contribution < 1.29 is 0 Å². The maximum Gasteiger partial charge on any atom is 0.0408 e. The number of halogens is 1. The second-order valence-corrected chi connectivity index (χ2v) is 5.76. The van der Waals surface area contributed by atoms with Crippen molar-refractivity contribution in [3.05, 3.63) is 34.9 Å². The lowest BCUT2D eigenvalue weighted by Crippen LogP contribution is -2.19. The van der Waals surface area contributed by atoms with Crippen molar-refractivity contribution in [1.29, 1.82) is 0 Å². The first-order valence-electron chi connectivity index (χ1n) is 6.72. The van der Waals surface area contributed by atoms with Crippen LogP contribution < -0.4 is 5.73 Å². The average Bonchev–Trinajstić information content (AvgIpc) is 2.81. The molecule has 0 aromatic heterocycles. The molecule has 0 heterocycles. The monoisotopic (exact) mass is 251 g/mol. The molecule has 2 rings (SSSR count). The minimum absolute atomic E-state index is 0.622. The van der Waals surface area contributed by atoms with E-state index in [0.717, 1.165) is 23.9 Å². The summed E-state index contributed by atoms with van der Waals surface area (Å²) in [7, 11) is 0. The van der Waals surface area contributed by atoms with Crippen LogP contribution >= 0.6 is 11.6 Å². The fourth-order valence-electron chi connectivity index (χ4n) is 2.98. The third kappa shape index (κ3) is 4.01. The standard InChI is InChI=1S/C15H22ClN/c16-15-7-3-6-13(10-15)9-14(11-17)8-12-4-1-2-5-12/h3,6-7,10,12,14H,1-2,4-5,8-9,11,17H2. The summed E-state index contributed by atoms with van der Waals surface area (Å²) in [5.74, 6) is 1.54. The van der Waals surface area contributed by atoms with Gasteiger partial charge in [-0.25, -0.2) is 0 Å². The highest BCUT2D eigenvalue weighted by molar-refractivity contribution is 6.30. The van der Waals surface area contributed by atoms with Crippen molar-refractivity contribution in [1.82, 2.24) is 0 Å². The second kappa shape index (κ2) is 6.42. The van der Waals surface area contributed by atoms with E-state index in [1.54, 1.807) is 0 Å². The summed E-state index contributed by atoms with van der Waals surface area (Å²) in [5.41, 5.74) is 7.23. The number of hydrogen-bond acceptors (Lipinski definition) is 1. The molecule has 1 atom stereocenters. The molecule has 94 valence electrons. The van der Waals surface area contributed by atoms with Gasteiger partial charge in [-0.1, -0.05) is 49.4 Å². The topological polar surface area (TPSA) is 26.0 Å². The quantitative estimate of drug-likeness (QED) is 0.840. The van der Waals surface area contributed by atoms with Gasteiger partial charge in [-0.3, -0.25) is 0 Å². The molecule has 1 aromatic rings. The number of rotatable bonds is 5. The molecular weight excluding hydrogens is 230 g/mol. The number of hydrogen-bond donors (Lipinski definition) is 1. The molecular formula is C15H22ClN. The van der Waals surface area contributed by atoms with E-state index in [1.165, 1.54) is 37.7 Å². The van der Waals surface area contributed by atoms with Gasteiger partial charge in [0.15, 0.2) is 0 Å². The molecule has 0 spiro atoms. The highest BCUT2D eigenvalue weighted by Crippen LogP contribution is 2.31. The van der Waals surface area contributed by atoms with Crippen LogP contribution in [0.15, 0.2) is 24.3 Å². The molecule has 1 aromatic carbocycles. The fraction of sp³-hybridized carbons (Fsp3) is 0.600. The van der Waals surface area contributed by atoms with Gasteiger partial charge in [0.2, 0.25) is 0 Å². The van der Waals surface area contributed by atoms with E-state index in [-0.39, 0.29) is 0 Å². The molecule has 0 saturated heterocycles. The average molecular weight is 252 g/mol. The normalized spacial score (nSPS) is 18.5. The largest absolute Gasteiger partial charge is 0.330 e. The Morgan fingerprint density at radius 1 is 1.29 bits per heavy atom. The van der Waals surface area contributed by atoms with Crippen molar-refractivity contribution >= 4 is 11.6 Å². The van der Waals surface area contributed by atoms with Gasteiger partial charge in [-0.05, 0) is 48.9 Å². The molecule has 0 bridgehead atoms. The lowest BCUT2D eigenvalue weighted by molar-refractivity contribution is 0.379. The highest BCUT2D eigenvalue weighted by atomic mass is 35.5. The highest BCUT2D eigenvalue weighted by Gasteiger charge is 2.19. The summed E-state index contributed by atoms with van der Waals surface area (Å²) < 4.78 is 0. The van der Waals surface area contributed by atoms with Crippen molar-refractivity contribution in [2.75, 3.05) is 6.54 Å². The minimum Gasteiger partial charge on any atom is -0.330 e. The Balaban J connectivity index is 1.90. The molecule has 1 saturated carbocycles. The first-order chi connectivity index (χ1) is 8.28. The number of nitrogens with two attached hydrogens (primary N) is 1. The Kier molecular flexibility index (Phi) is 4.87. The molecule has 2 N–H and O–H groups in total. The van der Waals surface area contributed by atoms with E-state index in [0.29, 0.717) is 5.92 Å². The molecule has 0 radical (unpaired) electrons. The molecule has 2 heteroatoms. The van der Waals surface area contributed by atoms with Crippen LogP contribution in [0.4, 0.5) is 0 Å². The maximum atomic E-state index is 6.01. The van der Waals surface area contributed by atoms with Crippen LogP contribution in [0.2, 0.25) is 5.02 Å². The first kappa shape index (κ1) is 12.9. The van der Waals surface area contributed by atoms with Gasteiger partial charge in [0, 0.05) is 5.02 Å². The summed E-state index contributed by atoms with van der Waals surface area (Å²) >= 11 is 6.01. The van der Waals surface area contributed by atoms with Crippen LogP contribution in [0, 0.1) is 11.8 Å². The zero-order valence-corrected chi connectivity index (χ0v) is 11.1. The summed E-state index contributed by atoms with van der Waals surface area (Å²) in [6.45, 7) is 0.795. The Morgan fingerprint density at radius 3 is 2.71 bits per heavy atom. The van der Waals surface area contributed by atoms with Crippen LogP contribution in [-0.4, -0.2) is 6.54 Å². The van der Waals surface area contributed by atoms with E-state index in [4.69, 9.17) is 17.3 Å². The predicted molar refractivity (Wildman–Crippen MR) is 74.3 cm³/mol. The third-order valence-electron chi connectivity index (χ3n) is 3.89. The van der Waals surface area contributed by atoms with E-state index >= 15 is 0 Å². The van der Waals surface area contributed by atoms with E-state index in [9.17, 15) is 0 Å². The molecule has 0 amide bonds. The molecule has 1 nitrogen and oxygen atoms in total. The van der Waals surface area contributed by atoms with Crippen molar-refractivity contribution in [2.24, 2.45) is 17.6 Å². The van der Waals surface area contributed by atoms with Gasteiger partial charge in [0.1, 0.15) is 0 Å². The smallest absolute Gasteiger partial charge is 0.0408 e. The third-order valence-corrected chi connectivity index (χ3v) is 4.12. The summed E-state index contributed by atoms with van der Waals surface area (Å²) in [5, 5.41) is 0.833. The van der Waals surface area contributed by atoms with Crippen LogP contribution in [0.3, 0.4) is 0 Å². The Labute approximate surface area is 109 Å². The minimum atomic E-state index is 0.622. The zero-order valence-electron chi connectivity index (χ0n) is 10.4. The Hall–Kier alpha value is -0.530. The summed E-state index contributed by atoms with van der Waals surface area (Å²) in [6.07, 6.45) is 8.02. The molecule has 1 aliphatic carbocycles. The summed E-state index contributed by atoms with van der Waals surface area (Å²) in [6, 6.07) is 8.18. The van der Waals surface area contributed by atoms with Crippen LogP contribution in [0.1, 0.15) is 37.7 Å². The lowest BCUT2D eigenvalue weighted by Gasteiger charge is -2.19. The van der Waals surface area contributed by atoms with Gasteiger partial charge in [-0.2, -0.15) is 0 Å². The molecule has 1 fully saturated rings. The van der Waals surface area contributed by atoms with Gasteiger partial charge >= 0.3 is 0 Å². The van der Waals surface area contributed by atoms with Gasteiger partial charge in [-0.15, -0.1) is 0 Å². The lowest BCUT2D eigenvalue weighted by atomic mass is 9.88. The van der Waals surface area contributed by atoms with Crippen LogP contribution in [0.5, 0.6) is 0 Å². The zero-order chi connectivity index (χ0) is 12.1. The first-order valence-corrected chi connectivity index (χ1v) is 7.10. The molecule has 0 aliphatic heterocycles. The van der Waals surface area contributed by atoms with Crippen molar-refractivity contribution in [3.63, 3.8) is 0 Å². The van der Waals surface area contributed by atoms with E-state index in [2.05, 4.69) is 12.1 Å².